The van der Waals surface area contributed by atoms with Crippen molar-refractivity contribution in [3.63, 3.8) is 0 Å². The lowest BCUT2D eigenvalue weighted by Gasteiger charge is -2.11. The number of rotatable bonds is 20. The molecule has 10 nitrogen and oxygen atoms in total. The lowest BCUT2D eigenvalue weighted by Crippen LogP contribution is -2.16. The molecular formula is C23H35FN4O6S. The molecule has 0 unspecified atom stereocenters. The molecule has 0 aliphatic carbocycles. The first-order valence-corrected chi connectivity index (χ1v) is 12.3. The van der Waals surface area contributed by atoms with Crippen LogP contribution in [-0.2, 0) is 23.7 Å². The summed E-state index contributed by atoms with van der Waals surface area (Å²) in [7, 11) is 0. The van der Waals surface area contributed by atoms with E-state index in [0.29, 0.717) is 84.7 Å². The van der Waals surface area contributed by atoms with Gasteiger partial charge in [-0.15, -0.1) is 0 Å². The van der Waals surface area contributed by atoms with E-state index in [1.165, 1.54) is 0 Å². The molecule has 12 heteroatoms. The molecule has 0 radical (unpaired) electrons. The van der Waals surface area contributed by atoms with Crippen LogP contribution in [0.5, 0.6) is 0 Å². The Kier molecular flexibility index (Phi) is 15.0. The average molecular weight is 515 g/mol. The molecule has 0 fully saturated rings. The van der Waals surface area contributed by atoms with E-state index in [0.717, 1.165) is 28.8 Å². The van der Waals surface area contributed by atoms with Gasteiger partial charge in [0.15, 0.2) is 10.3 Å². The van der Waals surface area contributed by atoms with Crippen molar-refractivity contribution in [1.29, 1.82) is 0 Å². The van der Waals surface area contributed by atoms with Crippen LogP contribution in [0.15, 0.2) is 24.4 Å². The molecular weight excluding hydrogens is 479 g/mol. The van der Waals surface area contributed by atoms with Gasteiger partial charge in [-0.3, -0.25) is 10.1 Å². The normalized spacial score (nSPS) is 11.1. The Morgan fingerprint density at radius 3 is 2.03 bits per heavy atom. The number of carbonyl (C=O) groups is 1. The van der Waals surface area contributed by atoms with Crippen molar-refractivity contribution in [2.24, 2.45) is 5.73 Å². The Hall–Kier alpha value is -2.19. The topological polar surface area (TPSA) is 126 Å². The third-order valence-corrected chi connectivity index (χ3v) is 5.20. The first-order chi connectivity index (χ1) is 17.1. The number of anilines is 2. The standard InChI is InChI=1S/C23H35FN4O6S/c1-18-16-19(2-3-20(18)22(29)28-23-27-17-21(24)35-23)26-5-7-31-9-11-33-13-15-34-14-12-32-10-8-30-6-4-25/h2-3,16-17,26H,4-15,25H2,1H3,(H,27,28,29). The summed E-state index contributed by atoms with van der Waals surface area (Å²) in [5.41, 5.74) is 7.50. The quantitative estimate of drug-likeness (QED) is 0.228. The number of thiazole rings is 1. The molecule has 0 bridgehead atoms. The number of hydrogen-bond acceptors (Lipinski definition) is 10. The fraction of sp³-hybridized carbons (Fsp3) is 0.565. The summed E-state index contributed by atoms with van der Waals surface area (Å²) in [5.74, 6) is -0.324. The summed E-state index contributed by atoms with van der Waals surface area (Å²) in [5, 5.41) is 5.63. The molecule has 4 N–H and O–H groups in total. The van der Waals surface area contributed by atoms with Gasteiger partial charge in [0, 0.05) is 24.3 Å². The Balaban J connectivity index is 1.44. The second-order valence-electron chi connectivity index (χ2n) is 7.23. The molecule has 0 spiro atoms. The zero-order valence-electron chi connectivity index (χ0n) is 20.1. The Labute approximate surface area is 209 Å². The van der Waals surface area contributed by atoms with E-state index in [-0.39, 0.29) is 11.0 Å². The van der Waals surface area contributed by atoms with Gasteiger partial charge in [-0.2, -0.15) is 4.39 Å². The fourth-order valence-electron chi connectivity index (χ4n) is 2.84. The van der Waals surface area contributed by atoms with Crippen molar-refractivity contribution < 1.29 is 32.9 Å². The van der Waals surface area contributed by atoms with Gasteiger partial charge >= 0.3 is 0 Å². The molecule has 0 aliphatic rings. The lowest BCUT2D eigenvalue weighted by molar-refractivity contribution is -0.00985. The van der Waals surface area contributed by atoms with Crippen molar-refractivity contribution >= 4 is 28.1 Å². The molecule has 2 rings (SSSR count). The van der Waals surface area contributed by atoms with Gasteiger partial charge in [0.1, 0.15) is 0 Å². The van der Waals surface area contributed by atoms with E-state index in [2.05, 4.69) is 15.6 Å². The molecule has 1 amide bonds. The van der Waals surface area contributed by atoms with Crippen molar-refractivity contribution in [3.8, 4) is 0 Å². The highest BCUT2D eigenvalue weighted by atomic mass is 32.1. The smallest absolute Gasteiger partial charge is 0.257 e. The zero-order valence-corrected chi connectivity index (χ0v) is 20.9. The van der Waals surface area contributed by atoms with Crippen LogP contribution in [0.3, 0.4) is 0 Å². The van der Waals surface area contributed by atoms with Gasteiger partial charge in [0.2, 0.25) is 0 Å². The highest BCUT2D eigenvalue weighted by Crippen LogP contribution is 2.19. The molecule has 0 saturated carbocycles. The van der Waals surface area contributed by atoms with Gasteiger partial charge in [0.25, 0.3) is 5.91 Å². The summed E-state index contributed by atoms with van der Waals surface area (Å²) in [6.07, 6.45) is 1.07. The molecule has 0 atom stereocenters. The Bertz CT molecular complexity index is 857. The molecule has 2 aromatic rings. The van der Waals surface area contributed by atoms with E-state index in [1.54, 1.807) is 6.07 Å². The van der Waals surface area contributed by atoms with Crippen LogP contribution in [-0.4, -0.2) is 90.0 Å². The maximum atomic E-state index is 13.0. The van der Waals surface area contributed by atoms with Crippen LogP contribution in [0.1, 0.15) is 15.9 Å². The summed E-state index contributed by atoms with van der Waals surface area (Å²) in [4.78, 5) is 16.1. The van der Waals surface area contributed by atoms with Crippen molar-refractivity contribution in [2.45, 2.75) is 6.92 Å². The van der Waals surface area contributed by atoms with Crippen LogP contribution in [0.2, 0.25) is 0 Å². The predicted octanol–water partition coefficient (Wildman–Crippen LogP) is 2.30. The number of aryl methyl sites for hydroxylation is 1. The first-order valence-electron chi connectivity index (χ1n) is 11.5. The molecule has 0 aliphatic heterocycles. The molecule has 196 valence electrons. The number of halogens is 1. The number of amides is 1. The minimum absolute atomic E-state index is 0.230. The third kappa shape index (κ3) is 12.9. The van der Waals surface area contributed by atoms with Crippen LogP contribution in [0.25, 0.3) is 0 Å². The number of nitrogens with one attached hydrogen (secondary N) is 2. The van der Waals surface area contributed by atoms with Gasteiger partial charge in [-0.05, 0) is 30.7 Å². The number of ether oxygens (including phenoxy) is 5. The monoisotopic (exact) mass is 514 g/mol. The van der Waals surface area contributed by atoms with Crippen LogP contribution in [0.4, 0.5) is 15.2 Å². The number of carbonyl (C=O) groups excluding carboxylic acids is 1. The van der Waals surface area contributed by atoms with Crippen LogP contribution >= 0.6 is 11.3 Å². The zero-order chi connectivity index (χ0) is 25.1. The second kappa shape index (κ2) is 18.1. The summed E-state index contributed by atoms with van der Waals surface area (Å²) < 4.78 is 40.0. The second-order valence-corrected chi connectivity index (χ2v) is 8.21. The molecule has 1 aromatic heterocycles. The van der Waals surface area contributed by atoms with Crippen LogP contribution < -0.4 is 16.4 Å². The summed E-state index contributed by atoms with van der Waals surface area (Å²) in [6, 6.07) is 5.41. The van der Waals surface area contributed by atoms with E-state index in [1.807, 2.05) is 19.1 Å². The third-order valence-electron chi connectivity index (χ3n) is 4.49. The van der Waals surface area contributed by atoms with Gasteiger partial charge in [-0.25, -0.2) is 4.98 Å². The molecule has 1 aromatic carbocycles. The number of nitrogens with zero attached hydrogens (tertiary/aromatic N) is 1. The van der Waals surface area contributed by atoms with Crippen molar-refractivity contribution in [3.05, 3.63) is 40.7 Å². The lowest BCUT2D eigenvalue weighted by atomic mass is 10.1. The number of aromatic nitrogens is 1. The van der Waals surface area contributed by atoms with E-state index in [4.69, 9.17) is 29.4 Å². The largest absolute Gasteiger partial charge is 0.383 e. The molecule has 1 heterocycles. The van der Waals surface area contributed by atoms with Crippen LogP contribution in [0, 0.1) is 12.1 Å². The number of benzene rings is 1. The predicted molar refractivity (Wildman–Crippen MR) is 133 cm³/mol. The maximum absolute atomic E-state index is 13.0. The Morgan fingerprint density at radius 1 is 0.943 bits per heavy atom. The minimum Gasteiger partial charge on any atom is -0.383 e. The Morgan fingerprint density at radius 2 is 1.51 bits per heavy atom. The van der Waals surface area contributed by atoms with E-state index < -0.39 is 5.13 Å². The number of hydrogen-bond donors (Lipinski definition) is 3. The molecule has 0 saturated heterocycles. The first kappa shape index (κ1) is 29.0. The van der Waals surface area contributed by atoms with Gasteiger partial charge in [0.05, 0.1) is 72.3 Å². The SMILES string of the molecule is Cc1cc(NCCOCCOCCOCCOCCOCCN)ccc1C(=O)Nc1ncc(F)s1. The van der Waals surface area contributed by atoms with Crippen molar-refractivity contribution in [1.82, 2.24) is 4.98 Å². The summed E-state index contributed by atoms with van der Waals surface area (Å²) in [6.45, 7) is 8.12. The fourth-order valence-corrected chi connectivity index (χ4v) is 3.38. The average Bonchev–Trinajstić information content (AvgIpc) is 3.25. The van der Waals surface area contributed by atoms with E-state index in [9.17, 15) is 9.18 Å². The maximum Gasteiger partial charge on any atom is 0.257 e. The van der Waals surface area contributed by atoms with Gasteiger partial charge < -0.3 is 34.7 Å². The van der Waals surface area contributed by atoms with Crippen molar-refractivity contribution in [2.75, 3.05) is 89.8 Å². The number of nitrogens with two attached hydrogens (primary N) is 1. The minimum atomic E-state index is -0.447. The van der Waals surface area contributed by atoms with E-state index >= 15 is 0 Å². The highest BCUT2D eigenvalue weighted by molar-refractivity contribution is 7.14. The van der Waals surface area contributed by atoms with Gasteiger partial charge in [-0.1, -0.05) is 11.3 Å². The molecule has 35 heavy (non-hydrogen) atoms. The highest BCUT2D eigenvalue weighted by Gasteiger charge is 2.12. The summed E-state index contributed by atoms with van der Waals surface area (Å²) >= 11 is 0.786.